The van der Waals surface area contributed by atoms with Crippen LogP contribution in [-0.2, 0) is 0 Å². The summed E-state index contributed by atoms with van der Waals surface area (Å²) in [6, 6.07) is 7.84. The summed E-state index contributed by atoms with van der Waals surface area (Å²) >= 11 is 0. The van der Waals surface area contributed by atoms with Crippen LogP contribution in [-0.4, -0.2) is 18.0 Å². The molecule has 0 amide bonds. The molecule has 0 aromatic heterocycles. The minimum Gasteiger partial charge on any atom is -0.450 e. The molecular weight excluding hydrogens is 163 g/mol. The summed E-state index contributed by atoms with van der Waals surface area (Å²) < 4.78 is 4.94. The summed E-state index contributed by atoms with van der Waals surface area (Å²) in [6.07, 6.45) is 0. The zero-order chi connectivity index (χ0) is 4.69. The summed E-state index contributed by atoms with van der Waals surface area (Å²) in [5.74, 6) is 2.06. The smallest absolute Gasteiger partial charge is 0.170 e. The number of rotatable bonds is 0. The van der Waals surface area contributed by atoms with Gasteiger partial charge in [-0.1, -0.05) is 12.1 Å². The second-order valence-electron chi connectivity index (χ2n) is 1.55. The molecule has 2 heteroatoms. The third-order valence-electron chi connectivity index (χ3n) is 1.03. The van der Waals surface area contributed by atoms with Gasteiger partial charge in [0.2, 0.25) is 0 Å². The van der Waals surface area contributed by atoms with E-state index in [0.717, 1.165) is 11.5 Å². The average molecular weight is 167 g/mol. The zero-order valence-electron chi connectivity index (χ0n) is 4.16. The Hall–Kier alpha value is -0.422. The minimum absolute atomic E-state index is 0. The van der Waals surface area contributed by atoms with E-state index in [2.05, 4.69) is 0 Å². The largest absolute Gasteiger partial charge is 0.450 e. The first-order valence-electron chi connectivity index (χ1n) is 2.24. The van der Waals surface area contributed by atoms with Gasteiger partial charge in [0.25, 0.3) is 0 Å². The fourth-order valence-corrected chi connectivity index (χ4v) is 0.611. The molecule has 1 aliphatic rings. The van der Waals surface area contributed by atoms with Crippen molar-refractivity contribution in [1.82, 2.24) is 0 Å². The van der Waals surface area contributed by atoms with E-state index in [1.54, 1.807) is 0 Å². The van der Waals surface area contributed by atoms with Gasteiger partial charge in [0, 0.05) is 18.0 Å². The van der Waals surface area contributed by atoms with Crippen molar-refractivity contribution in [2.45, 2.75) is 0 Å². The van der Waals surface area contributed by atoms with Crippen LogP contribution in [0, 0.1) is 0 Å². The van der Waals surface area contributed by atoms with Crippen molar-refractivity contribution in [1.29, 1.82) is 0 Å². The summed E-state index contributed by atoms with van der Waals surface area (Å²) in [5, 5.41) is 0. The Labute approximate surface area is 59.0 Å². The molecule has 0 fully saturated rings. The quantitative estimate of drug-likeness (QED) is 0.426. The molecule has 1 heterocycles. The Balaban J connectivity index is 0.000000320. The fourth-order valence-electron chi connectivity index (χ4n) is 0.611. The first-order valence-corrected chi connectivity index (χ1v) is 2.24. The first kappa shape index (κ1) is 5.71. The maximum Gasteiger partial charge on any atom is 0.170 e. The van der Waals surface area contributed by atoms with E-state index in [9.17, 15) is 0 Å². The van der Waals surface area contributed by atoms with Gasteiger partial charge in [-0.25, -0.2) is 0 Å². The van der Waals surface area contributed by atoms with Crippen molar-refractivity contribution >= 4 is 18.0 Å². The zero-order valence-corrected chi connectivity index (χ0v) is 6.04. The number of hydrogen-bond acceptors (Lipinski definition) is 1. The number of benzene rings is 1. The van der Waals surface area contributed by atoms with E-state index in [1.165, 1.54) is 0 Å². The first-order chi connectivity index (χ1) is 3.47. The predicted octanol–water partition coefficient (Wildman–Crippen LogP) is 1.41. The van der Waals surface area contributed by atoms with Crippen LogP contribution in [0.1, 0.15) is 0 Å². The monoisotopic (exact) mass is 167 g/mol. The molecule has 8 heavy (non-hydrogen) atoms. The van der Waals surface area contributed by atoms with Crippen molar-refractivity contribution < 1.29 is 4.74 Å². The second kappa shape index (κ2) is 1.83. The molecular formula is C6H4AsO. The van der Waals surface area contributed by atoms with Crippen LogP contribution < -0.4 is 4.74 Å². The number of para-hydroxylation sites is 2. The van der Waals surface area contributed by atoms with Gasteiger partial charge >= 0.3 is 0 Å². The molecule has 0 aliphatic carbocycles. The molecule has 39 valence electrons. The van der Waals surface area contributed by atoms with E-state index in [1.807, 2.05) is 24.3 Å². The van der Waals surface area contributed by atoms with Crippen molar-refractivity contribution in [3.8, 4) is 11.5 Å². The molecule has 2 rings (SSSR count). The number of ether oxygens (including phenoxy) is 1. The molecule has 0 saturated heterocycles. The number of fused-ring (bicyclic) bond motifs is 1. The van der Waals surface area contributed by atoms with Gasteiger partial charge in [-0.3, -0.25) is 0 Å². The van der Waals surface area contributed by atoms with Gasteiger partial charge in [0.05, 0.1) is 0 Å². The molecule has 0 spiro atoms. The van der Waals surface area contributed by atoms with Gasteiger partial charge in [-0.05, 0) is 12.1 Å². The van der Waals surface area contributed by atoms with E-state index >= 15 is 0 Å². The maximum absolute atomic E-state index is 4.94. The molecule has 0 unspecified atom stereocenters. The van der Waals surface area contributed by atoms with Gasteiger partial charge in [-0.2, -0.15) is 0 Å². The van der Waals surface area contributed by atoms with E-state index < -0.39 is 0 Å². The van der Waals surface area contributed by atoms with E-state index in [0.29, 0.717) is 0 Å². The van der Waals surface area contributed by atoms with Crippen molar-refractivity contribution in [2.75, 3.05) is 0 Å². The summed E-state index contributed by atoms with van der Waals surface area (Å²) in [4.78, 5) is 0. The van der Waals surface area contributed by atoms with Crippen LogP contribution in [0.25, 0.3) is 0 Å². The van der Waals surface area contributed by atoms with Crippen LogP contribution in [0.5, 0.6) is 11.5 Å². The SMILES string of the molecule is [As].c1ccc2c(c1)O2. The Morgan fingerprint density at radius 2 is 1.50 bits per heavy atom. The maximum atomic E-state index is 4.94. The second-order valence-corrected chi connectivity index (χ2v) is 1.55. The van der Waals surface area contributed by atoms with E-state index in [4.69, 9.17) is 4.74 Å². The summed E-state index contributed by atoms with van der Waals surface area (Å²) in [5.41, 5.74) is 0. The molecule has 0 bridgehead atoms. The Bertz CT molecular complexity index is 176. The van der Waals surface area contributed by atoms with Gasteiger partial charge < -0.3 is 4.74 Å². The molecule has 1 nitrogen and oxygen atoms in total. The average Bonchev–Trinajstić information content (AvgIpc) is 2.41. The molecule has 0 N–H and O–H groups in total. The fraction of sp³-hybridized carbons (Fsp3) is 0. The van der Waals surface area contributed by atoms with Crippen molar-refractivity contribution in [3.05, 3.63) is 24.3 Å². The molecule has 0 saturated carbocycles. The Morgan fingerprint density at radius 1 is 1.00 bits per heavy atom. The topological polar surface area (TPSA) is 12.5 Å². The Kier molecular flexibility index (Phi) is 1.31. The number of hydrogen-bond donors (Lipinski definition) is 0. The molecule has 1 aromatic rings. The van der Waals surface area contributed by atoms with Crippen molar-refractivity contribution in [3.63, 3.8) is 0 Å². The van der Waals surface area contributed by atoms with Crippen LogP contribution in [0.15, 0.2) is 24.3 Å². The normalized spacial score (nSPS) is 10.5. The standard InChI is InChI=1S/C6H4O.As/c1-2-4-6-5(3-1)7-6;/h1-4H;. The van der Waals surface area contributed by atoms with Gasteiger partial charge in [-0.15, -0.1) is 0 Å². The van der Waals surface area contributed by atoms with Crippen molar-refractivity contribution in [2.24, 2.45) is 0 Å². The molecule has 0 atom stereocenters. The molecule has 1 aliphatic heterocycles. The van der Waals surface area contributed by atoms with Crippen LogP contribution in [0.3, 0.4) is 0 Å². The van der Waals surface area contributed by atoms with Crippen LogP contribution in [0.2, 0.25) is 0 Å². The summed E-state index contributed by atoms with van der Waals surface area (Å²) in [6.45, 7) is 0. The molecule has 1 aromatic carbocycles. The predicted molar refractivity (Wildman–Crippen MR) is 32.3 cm³/mol. The third-order valence-corrected chi connectivity index (χ3v) is 1.03. The van der Waals surface area contributed by atoms with E-state index in [-0.39, 0.29) is 18.0 Å². The Morgan fingerprint density at radius 3 is 1.88 bits per heavy atom. The van der Waals surface area contributed by atoms with Crippen LogP contribution >= 0.6 is 0 Å². The third kappa shape index (κ3) is 0.739. The van der Waals surface area contributed by atoms with Crippen LogP contribution in [0.4, 0.5) is 0 Å². The van der Waals surface area contributed by atoms with Gasteiger partial charge in [0.1, 0.15) is 0 Å². The summed E-state index contributed by atoms with van der Waals surface area (Å²) in [7, 11) is 0. The van der Waals surface area contributed by atoms with Gasteiger partial charge in [0.15, 0.2) is 11.5 Å². The minimum atomic E-state index is 0. The molecule has 3 radical (unpaired) electrons.